The van der Waals surface area contributed by atoms with E-state index in [-0.39, 0.29) is 0 Å². The maximum Gasteiger partial charge on any atom is 0.0635 e. The third-order valence-electron chi connectivity index (χ3n) is 1.84. The molecule has 0 amide bonds. The first-order chi connectivity index (χ1) is 5.72. The van der Waals surface area contributed by atoms with Gasteiger partial charge in [0.1, 0.15) is 0 Å². The summed E-state index contributed by atoms with van der Waals surface area (Å²) in [6.45, 7) is 6.27. The molecule has 0 N–H and O–H groups in total. The van der Waals surface area contributed by atoms with E-state index in [1.807, 2.05) is 0 Å². The lowest BCUT2D eigenvalue weighted by molar-refractivity contribution is 0.228. The predicted molar refractivity (Wildman–Crippen MR) is 55.4 cm³/mol. The maximum atomic E-state index is 8.43. The zero-order chi connectivity index (χ0) is 9.40. The highest BCUT2D eigenvalue weighted by Crippen LogP contribution is 2.01. The quantitative estimate of drug-likeness (QED) is 0.642. The van der Waals surface area contributed by atoms with Crippen molar-refractivity contribution in [3.05, 3.63) is 0 Å². The van der Waals surface area contributed by atoms with E-state index in [0.29, 0.717) is 12.5 Å². The fourth-order valence-electron chi connectivity index (χ4n) is 1.10. The van der Waals surface area contributed by atoms with Crippen molar-refractivity contribution in [1.82, 2.24) is 4.90 Å². The molecule has 0 heterocycles. The molecule has 0 radical (unpaired) electrons. The largest absolute Gasteiger partial charge is 0.300 e. The van der Waals surface area contributed by atoms with Crippen molar-refractivity contribution in [2.45, 2.75) is 32.7 Å². The van der Waals surface area contributed by atoms with Crippen molar-refractivity contribution in [2.24, 2.45) is 0 Å². The monoisotopic (exact) mass is 186 g/mol. The Hall–Kier alpha value is -0.200. The molecule has 2 nitrogen and oxygen atoms in total. The van der Waals surface area contributed by atoms with Crippen molar-refractivity contribution in [3.8, 4) is 6.07 Å². The molecule has 0 bridgehead atoms. The SMILES string of the molecule is CC(C)N(CCC#N)CCCS. The van der Waals surface area contributed by atoms with Crippen LogP contribution in [0.5, 0.6) is 0 Å². The second-order valence-corrected chi connectivity index (χ2v) is 3.56. The summed E-state index contributed by atoms with van der Waals surface area (Å²) in [7, 11) is 0. The normalized spacial score (nSPS) is 10.7. The molecule has 0 aliphatic carbocycles. The number of rotatable bonds is 6. The average Bonchev–Trinajstić information content (AvgIpc) is 2.04. The summed E-state index contributed by atoms with van der Waals surface area (Å²) in [5.41, 5.74) is 0. The van der Waals surface area contributed by atoms with Gasteiger partial charge in [-0.15, -0.1) is 0 Å². The van der Waals surface area contributed by atoms with Crippen molar-refractivity contribution < 1.29 is 0 Å². The molecule has 0 saturated heterocycles. The molecule has 0 atom stereocenters. The smallest absolute Gasteiger partial charge is 0.0635 e. The molecule has 0 fully saturated rings. The number of hydrogen-bond donors (Lipinski definition) is 1. The number of nitrogens with zero attached hydrogens (tertiary/aromatic N) is 2. The summed E-state index contributed by atoms with van der Waals surface area (Å²) in [5.74, 6) is 0.926. The van der Waals surface area contributed by atoms with Crippen molar-refractivity contribution in [1.29, 1.82) is 5.26 Å². The van der Waals surface area contributed by atoms with Gasteiger partial charge in [0, 0.05) is 19.0 Å². The van der Waals surface area contributed by atoms with E-state index in [2.05, 4.69) is 37.4 Å². The predicted octanol–water partition coefficient (Wildman–Crippen LogP) is 1.93. The summed E-state index contributed by atoms with van der Waals surface area (Å²) in [6.07, 6.45) is 1.73. The van der Waals surface area contributed by atoms with Crippen LogP contribution >= 0.6 is 12.6 Å². The third-order valence-corrected chi connectivity index (χ3v) is 2.16. The van der Waals surface area contributed by atoms with Gasteiger partial charge in [0.15, 0.2) is 0 Å². The maximum absolute atomic E-state index is 8.43. The first-order valence-electron chi connectivity index (χ1n) is 4.44. The van der Waals surface area contributed by atoms with Crippen molar-refractivity contribution in [3.63, 3.8) is 0 Å². The summed E-state index contributed by atoms with van der Waals surface area (Å²) in [5, 5.41) is 8.43. The Kier molecular flexibility index (Phi) is 7.33. The molecule has 0 spiro atoms. The Morgan fingerprint density at radius 3 is 2.50 bits per heavy atom. The number of nitriles is 1. The second-order valence-electron chi connectivity index (χ2n) is 3.11. The summed E-state index contributed by atoms with van der Waals surface area (Å²) in [4.78, 5) is 2.32. The molecule has 12 heavy (non-hydrogen) atoms. The Bertz CT molecular complexity index is 140. The molecule has 0 unspecified atom stereocenters. The molecule has 0 rings (SSSR count). The minimum absolute atomic E-state index is 0.540. The van der Waals surface area contributed by atoms with Gasteiger partial charge in [0.2, 0.25) is 0 Å². The van der Waals surface area contributed by atoms with E-state index in [1.165, 1.54) is 0 Å². The van der Waals surface area contributed by atoms with Crippen LogP contribution in [0.2, 0.25) is 0 Å². The van der Waals surface area contributed by atoms with Crippen LogP contribution in [-0.4, -0.2) is 29.8 Å². The van der Waals surface area contributed by atoms with Crippen LogP contribution in [0.4, 0.5) is 0 Å². The van der Waals surface area contributed by atoms with Crippen LogP contribution in [0.15, 0.2) is 0 Å². The van der Waals surface area contributed by atoms with Crippen LogP contribution in [0, 0.1) is 11.3 Å². The van der Waals surface area contributed by atoms with E-state index < -0.39 is 0 Å². The first-order valence-corrected chi connectivity index (χ1v) is 5.07. The molecule has 0 aliphatic rings. The second kappa shape index (κ2) is 7.45. The zero-order valence-corrected chi connectivity index (χ0v) is 8.85. The third kappa shape index (κ3) is 5.45. The van der Waals surface area contributed by atoms with Crippen molar-refractivity contribution >= 4 is 12.6 Å². The fraction of sp³-hybridized carbons (Fsp3) is 0.889. The molecule has 0 aliphatic heterocycles. The van der Waals surface area contributed by atoms with Crippen LogP contribution in [0.3, 0.4) is 0 Å². The first kappa shape index (κ1) is 11.8. The van der Waals surface area contributed by atoms with E-state index in [1.54, 1.807) is 0 Å². The van der Waals surface area contributed by atoms with E-state index in [0.717, 1.165) is 25.3 Å². The van der Waals surface area contributed by atoms with Gasteiger partial charge in [-0.2, -0.15) is 17.9 Å². The van der Waals surface area contributed by atoms with Crippen LogP contribution in [-0.2, 0) is 0 Å². The van der Waals surface area contributed by atoms with Gasteiger partial charge in [-0.3, -0.25) is 4.90 Å². The molecular formula is C9H18N2S. The standard InChI is InChI=1S/C9H18N2S/c1-9(2)11(6-3-5-10)7-4-8-12/h9,12H,3-4,6-8H2,1-2H3. The lowest BCUT2D eigenvalue weighted by Crippen LogP contribution is -2.32. The van der Waals surface area contributed by atoms with Gasteiger partial charge in [-0.05, 0) is 32.6 Å². The van der Waals surface area contributed by atoms with Gasteiger partial charge in [0.25, 0.3) is 0 Å². The molecule has 3 heteroatoms. The highest BCUT2D eigenvalue weighted by atomic mass is 32.1. The van der Waals surface area contributed by atoms with Gasteiger partial charge in [-0.1, -0.05) is 0 Å². The average molecular weight is 186 g/mol. The molecule has 0 saturated carbocycles. The molecule has 0 aromatic rings. The minimum atomic E-state index is 0.540. The van der Waals surface area contributed by atoms with Gasteiger partial charge >= 0.3 is 0 Å². The van der Waals surface area contributed by atoms with Gasteiger partial charge in [-0.25, -0.2) is 0 Å². The number of hydrogen-bond acceptors (Lipinski definition) is 3. The van der Waals surface area contributed by atoms with Crippen molar-refractivity contribution in [2.75, 3.05) is 18.8 Å². The minimum Gasteiger partial charge on any atom is -0.300 e. The highest BCUT2D eigenvalue weighted by Gasteiger charge is 2.07. The molecule has 0 aromatic heterocycles. The van der Waals surface area contributed by atoms with E-state index >= 15 is 0 Å². The lowest BCUT2D eigenvalue weighted by Gasteiger charge is -2.24. The topological polar surface area (TPSA) is 27.0 Å². The Labute approximate surface area is 81.0 Å². The summed E-state index contributed by atoms with van der Waals surface area (Å²) < 4.78 is 0. The molecular weight excluding hydrogens is 168 g/mol. The van der Waals surface area contributed by atoms with E-state index in [4.69, 9.17) is 5.26 Å². The van der Waals surface area contributed by atoms with Crippen LogP contribution in [0.25, 0.3) is 0 Å². The fourth-order valence-corrected chi connectivity index (χ4v) is 1.24. The summed E-state index contributed by atoms with van der Waals surface area (Å²) in [6, 6.07) is 2.71. The van der Waals surface area contributed by atoms with Gasteiger partial charge < -0.3 is 0 Å². The van der Waals surface area contributed by atoms with Crippen LogP contribution in [0.1, 0.15) is 26.7 Å². The molecule has 70 valence electrons. The zero-order valence-electron chi connectivity index (χ0n) is 7.95. The van der Waals surface area contributed by atoms with Crippen LogP contribution < -0.4 is 0 Å². The Balaban J connectivity index is 3.64. The Morgan fingerprint density at radius 1 is 1.42 bits per heavy atom. The summed E-state index contributed by atoms with van der Waals surface area (Å²) >= 11 is 4.16. The number of thiol groups is 1. The lowest BCUT2D eigenvalue weighted by atomic mass is 10.2. The van der Waals surface area contributed by atoms with Gasteiger partial charge in [0.05, 0.1) is 6.07 Å². The van der Waals surface area contributed by atoms with E-state index in [9.17, 15) is 0 Å². The highest BCUT2D eigenvalue weighted by molar-refractivity contribution is 7.80. The Morgan fingerprint density at radius 2 is 2.08 bits per heavy atom. The molecule has 0 aromatic carbocycles.